The van der Waals surface area contributed by atoms with Gasteiger partial charge in [0, 0.05) is 5.92 Å². The van der Waals surface area contributed by atoms with Gasteiger partial charge in [0.25, 0.3) is 0 Å². The Kier molecular flexibility index (Phi) is 3.22. The van der Waals surface area contributed by atoms with E-state index >= 15 is 0 Å². The van der Waals surface area contributed by atoms with Crippen molar-refractivity contribution in [2.24, 2.45) is 5.84 Å². The summed E-state index contributed by atoms with van der Waals surface area (Å²) in [5.74, 6) is 5.86. The Bertz CT molecular complexity index is 451. The van der Waals surface area contributed by atoms with Crippen LogP contribution in [0.1, 0.15) is 24.0 Å². The summed E-state index contributed by atoms with van der Waals surface area (Å²) < 4.78 is 0. The molecule has 0 spiro atoms. The SMILES string of the molecule is CC(c1ccccc1)c1ccccc1NN. The normalized spacial score (nSPS) is 12.1. The highest BCUT2D eigenvalue weighted by Crippen LogP contribution is 2.29. The second-order valence-electron chi connectivity index (χ2n) is 3.86. The maximum atomic E-state index is 5.52. The number of benzene rings is 2. The predicted octanol–water partition coefficient (Wildman–Crippen LogP) is 3.12. The highest BCUT2D eigenvalue weighted by Gasteiger charge is 2.10. The molecule has 0 aliphatic carbocycles. The summed E-state index contributed by atoms with van der Waals surface area (Å²) in [4.78, 5) is 0. The van der Waals surface area contributed by atoms with Gasteiger partial charge in [0.05, 0.1) is 5.69 Å². The van der Waals surface area contributed by atoms with Gasteiger partial charge in [0.1, 0.15) is 0 Å². The van der Waals surface area contributed by atoms with Crippen LogP contribution in [0.25, 0.3) is 0 Å². The first-order valence-corrected chi connectivity index (χ1v) is 5.43. The van der Waals surface area contributed by atoms with E-state index in [1.165, 1.54) is 11.1 Å². The van der Waals surface area contributed by atoms with E-state index in [0.717, 1.165) is 5.69 Å². The van der Waals surface area contributed by atoms with Gasteiger partial charge in [0.15, 0.2) is 0 Å². The predicted molar refractivity (Wildman–Crippen MR) is 68.2 cm³/mol. The molecule has 0 fully saturated rings. The van der Waals surface area contributed by atoms with Crippen molar-refractivity contribution in [1.29, 1.82) is 0 Å². The van der Waals surface area contributed by atoms with Crippen LogP contribution in [0, 0.1) is 0 Å². The van der Waals surface area contributed by atoms with E-state index in [2.05, 4.69) is 42.7 Å². The number of hydrogen-bond donors (Lipinski definition) is 2. The Morgan fingerprint density at radius 1 is 0.938 bits per heavy atom. The third-order valence-corrected chi connectivity index (χ3v) is 2.88. The van der Waals surface area contributed by atoms with Gasteiger partial charge in [-0.2, -0.15) is 0 Å². The van der Waals surface area contributed by atoms with Crippen molar-refractivity contribution in [2.75, 3.05) is 5.43 Å². The van der Waals surface area contributed by atoms with Crippen LogP contribution in [0.2, 0.25) is 0 Å². The van der Waals surface area contributed by atoms with Crippen LogP contribution in [0.3, 0.4) is 0 Å². The van der Waals surface area contributed by atoms with Crippen LogP contribution < -0.4 is 11.3 Å². The molecule has 2 aromatic carbocycles. The first-order valence-electron chi connectivity index (χ1n) is 5.43. The molecule has 1 atom stereocenters. The molecule has 0 heterocycles. The molecular formula is C14H16N2. The summed E-state index contributed by atoms with van der Waals surface area (Å²) in [6.07, 6.45) is 0. The van der Waals surface area contributed by atoms with Gasteiger partial charge >= 0.3 is 0 Å². The lowest BCUT2D eigenvalue weighted by Crippen LogP contribution is -2.10. The van der Waals surface area contributed by atoms with Crippen LogP contribution >= 0.6 is 0 Å². The van der Waals surface area contributed by atoms with Gasteiger partial charge in [-0.15, -0.1) is 0 Å². The third-order valence-electron chi connectivity index (χ3n) is 2.88. The van der Waals surface area contributed by atoms with Crippen LogP contribution in [-0.4, -0.2) is 0 Å². The molecule has 0 saturated carbocycles. The van der Waals surface area contributed by atoms with E-state index in [1.54, 1.807) is 0 Å². The van der Waals surface area contributed by atoms with Crippen molar-refractivity contribution in [2.45, 2.75) is 12.8 Å². The first kappa shape index (κ1) is 10.7. The Morgan fingerprint density at radius 2 is 1.56 bits per heavy atom. The van der Waals surface area contributed by atoms with E-state index in [0.29, 0.717) is 5.92 Å². The quantitative estimate of drug-likeness (QED) is 0.606. The van der Waals surface area contributed by atoms with Crippen molar-refractivity contribution in [1.82, 2.24) is 0 Å². The maximum absolute atomic E-state index is 5.52. The minimum absolute atomic E-state index is 0.341. The van der Waals surface area contributed by atoms with Gasteiger partial charge in [-0.25, -0.2) is 0 Å². The highest BCUT2D eigenvalue weighted by atomic mass is 15.2. The van der Waals surface area contributed by atoms with Gasteiger partial charge in [-0.1, -0.05) is 55.5 Å². The Morgan fingerprint density at radius 3 is 2.25 bits per heavy atom. The van der Waals surface area contributed by atoms with Crippen molar-refractivity contribution in [3.8, 4) is 0 Å². The molecule has 82 valence electrons. The molecule has 0 amide bonds. The zero-order valence-corrected chi connectivity index (χ0v) is 9.35. The van der Waals surface area contributed by atoms with E-state index in [9.17, 15) is 0 Å². The number of para-hydroxylation sites is 1. The van der Waals surface area contributed by atoms with E-state index in [4.69, 9.17) is 5.84 Å². The van der Waals surface area contributed by atoms with Gasteiger partial charge in [-0.05, 0) is 17.2 Å². The molecule has 1 unspecified atom stereocenters. The molecule has 2 nitrogen and oxygen atoms in total. The monoisotopic (exact) mass is 212 g/mol. The van der Waals surface area contributed by atoms with Crippen LogP contribution in [0.4, 0.5) is 5.69 Å². The lowest BCUT2D eigenvalue weighted by molar-refractivity contribution is 0.922. The van der Waals surface area contributed by atoms with Gasteiger partial charge < -0.3 is 5.43 Å². The summed E-state index contributed by atoms with van der Waals surface area (Å²) in [6.45, 7) is 2.19. The topological polar surface area (TPSA) is 38.0 Å². The number of anilines is 1. The minimum Gasteiger partial charge on any atom is -0.324 e. The number of hydrogen-bond acceptors (Lipinski definition) is 2. The number of nitrogens with one attached hydrogen (secondary N) is 1. The molecule has 0 aliphatic heterocycles. The van der Waals surface area contributed by atoms with Crippen molar-refractivity contribution in [3.05, 3.63) is 65.7 Å². The number of nitrogen functional groups attached to an aromatic ring is 1. The van der Waals surface area contributed by atoms with Crippen molar-refractivity contribution in [3.63, 3.8) is 0 Å². The molecule has 0 aromatic heterocycles. The van der Waals surface area contributed by atoms with E-state index in [-0.39, 0.29) is 0 Å². The molecule has 0 bridgehead atoms. The van der Waals surface area contributed by atoms with Gasteiger partial charge in [0.2, 0.25) is 0 Å². The number of rotatable bonds is 3. The fraction of sp³-hybridized carbons (Fsp3) is 0.143. The van der Waals surface area contributed by atoms with E-state index < -0.39 is 0 Å². The van der Waals surface area contributed by atoms with Crippen LogP contribution in [0.15, 0.2) is 54.6 Å². The van der Waals surface area contributed by atoms with Gasteiger partial charge in [-0.3, -0.25) is 5.84 Å². The summed E-state index contributed by atoms with van der Waals surface area (Å²) >= 11 is 0. The zero-order valence-electron chi connectivity index (χ0n) is 9.35. The number of nitrogens with two attached hydrogens (primary N) is 1. The average molecular weight is 212 g/mol. The largest absolute Gasteiger partial charge is 0.324 e. The molecule has 2 rings (SSSR count). The summed E-state index contributed by atoms with van der Waals surface area (Å²) in [7, 11) is 0. The smallest absolute Gasteiger partial charge is 0.0523 e. The molecule has 3 N–H and O–H groups in total. The van der Waals surface area contributed by atoms with Crippen LogP contribution in [0.5, 0.6) is 0 Å². The Balaban J connectivity index is 2.37. The summed E-state index contributed by atoms with van der Waals surface area (Å²) in [5, 5.41) is 0. The molecule has 0 saturated heterocycles. The second kappa shape index (κ2) is 4.81. The fourth-order valence-corrected chi connectivity index (χ4v) is 1.93. The Hall–Kier alpha value is -1.80. The molecule has 2 aromatic rings. The lowest BCUT2D eigenvalue weighted by Gasteiger charge is -2.16. The second-order valence-corrected chi connectivity index (χ2v) is 3.86. The summed E-state index contributed by atoms with van der Waals surface area (Å²) in [6, 6.07) is 18.5. The molecular weight excluding hydrogens is 196 g/mol. The average Bonchev–Trinajstić information content (AvgIpc) is 2.39. The molecule has 0 aliphatic rings. The molecule has 16 heavy (non-hydrogen) atoms. The standard InChI is InChI=1S/C14H16N2/c1-11(12-7-3-2-4-8-12)13-9-5-6-10-14(13)16-15/h2-11,16H,15H2,1H3. The number of hydrazine groups is 1. The minimum atomic E-state index is 0.341. The molecule has 2 heteroatoms. The molecule has 0 radical (unpaired) electrons. The van der Waals surface area contributed by atoms with Crippen molar-refractivity contribution < 1.29 is 0 Å². The highest BCUT2D eigenvalue weighted by molar-refractivity contribution is 5.54. The van der Waals surface area contributed by atoms with Crippen molar-refractivity contribution >= 4 is 5.69 Å². The third kappa shape index (κ3) is 2.07. The summed E-state index contributed by atoms with van der Waals surface area (Å²) in [5.41, 5.74) is 6.25. The maximum Gasteiger partial charge on any atom is 0.0523 e. The lowest BCUT2D eigenvalue weighted by atomic mass is 9.92. The Labute approximate surface area is 96.1 Å². The van der Waals surface area contributed by atoms with E-state index in [1.807, 2.05) is 24.3 Å². The fourth-order valence-electron chi connectivity index (χ4n) is 1.93. The van der Waals surface area contributed by atoms with Crippen LogP contribution in [-0.2, 0) is 0 Å². The first-order chi connectivity index (χ1) is 7.83. The zero-order chi connectivity index (χ0) is 11.4.